The number of nitrogens with one attached hydrogen (secondary N) is 1. The van der Waals surface area contributed by atoms with Crippen LogP contribution in [0, 0.1) is 24.4 Å². The number of halogens is 4. The Bertz CT molecular complexity index is 901. The smallest absolute Gasteiger partial charge is 0.149 e. The first-order chi connectivity index (χ1) is 11.4. The van der Waals surface area contributed by atoms with Gasteiger partial charge in [0.1, 0.15) is 29.0 Å². The van der Waals surface area contributed by atoms with Crippen molar-refractivity contribution >= 4 is 23.1 Å². The molecule has 7 heteroatoms. The van der Waals surface area contributed by atoms with Gasteiger partial charge in [-0.05, 0) is 37.3 Å². The minimum atomic E-state index is -0.731. The highest BCUT2D eigenvalue weighted by molar-refractivity contribution is 6.33. The normalized spacial score (nSPS) is 10.9. The quantitative estimate of drug-likeness (QED) is 0.702. The summed E-state index contributed by atoms with van der Waals surface area (Å²) in [6, 6.07) is 7.53. The number of rotatable bonds is 3. The van der Waals surface area contributed by atoms with E-state index in [-0.39, 0.29) is 10.7 Å². The monoisotopic (exact) mass is 351 g/mol. The van der Waals surface area contributed by atoms with Crippen LogP contribution in [0.5, 0.6) is 0 Å². The van der Waals surface area contributed by atoms with E-state index in [2.05, 4.69) is 10.4 Å². The van der Waals surface area contributed by atoms with Crippen LogP contribution in [0.4, 0.5) is 24.7 Å². The standard InChI is InChI=1S/C17H13ClF3N3/c1-9-15(11-7-6-10(19)8-12(11)18)17(24(2)23-9)22-16-13(20)4-3-5-14(16)21/h3-8,22H,1-2H3. The summed E-state index contributed by atoms with van der Waals surface area (Å²) in [5.41, 5.74) is 1.36. The topological polar surface area (TPSA) is 29.9 Å². The summed E-state index contributed by atoms with van der Waals surface area (Å²) in [6.45, 7) is 1.73. The molecular formula is C17H13ClF3N3. The third-order valence-corrected chi connectivity index (χ3v) is 3.94. The van der Waals surface area contributed by atoms with Crippen LogP contribution in [-0.2, 0) is 7.05 Å². The van der Waals surface area contributed by atoms with E-state index >= 15 is 0 Å². The molecule has 0 bridgehead atoms. The van der Waals surface area contributed by atoms with Gasteiger partial charge in [-0.1, -0.05) is 17.7 Å². The number of nitrogens with zero attached hydrogens (tertiary/aromatic N) is 2. The zero-order chi connectivity index (χ0) is 17.4. The Morgan fingerprint density at radius 3 is 2.38 bits per heavy atom. The van der Waals surface area contributed by atoms with Crippen molar-refractivity contribution in [2.24, 2.45) is 7.05 Å². The maximum absolute atomic E-state index is 13.9. The molecule has 0 aliphatic heterocycles. The van der Waals surface area contributed by atoms with E-state index in [4.69, 9.17) is 11.6 Å². The van der Waals surface area contributed by atoms with E-state index < -0.39 is 17.5 Å². The average Bonchev–Trinajstić information content (AvgIpc) is 2.77. The lowest BCUT2D eigenvalue weighted by molar-refractivity contribution is 0.590. The minimum Gasteiger partial charge on any atom is -0.335 e. The fourth-order valence-electron chi connectivity index (χ4n) is 2.55. The van der Waals surface area contributed by atoms with Crippen molar-refractivity contribution in [3.63, 3.8) is 0 Å². The molecule has 124 valence electrons. The molecular weight excluding hydrogens is 339 g/mol. The molecule has 1 N–H and O–H groups in total. The van der Waals surface area contributed by atoms with E-state index in [0.29, 0.717) is 22.6 Å². The molecule has 0 saturated carbocycles. The average molecular weight is 352 g/mol. The van der Waals surface area contributed by atoms with E-state index in [9.17, 15) is 13.2 Å². The van der Waals surface area contributed by atoms with Crippen LogP contribution in [0.3, 0.4) is 0 Å². The fraction of sp³-hybridized carbons (Fsp3) is 0.118. The first kappa shape index (κ1) is 16.4. The maximum atomic E-state index is 13.9. The Balaban J connectivity index is 2.16. The summed E-state index contributed by atoms with van der Waals surface area (Å²) in [5.74, 6) is -1.58. The highest BCUT2D eigenvalue weighted by Crippen LogP contribution is 2.38. The molecule has 0 amide bonds. The van der Waals surface area contributed by atoms with Crippen LogP contribution in [-0.4, -0.2) is 9.78 Å². The van der Waals surface area contributed by atoms with E-state index in [1.807, 2.05) is 0 Å². The van der Waals surface area contributed by atoms with Crippen molar-refractivity contribution in [2.45, 2.75) is 6.92 Å². The summed E-state index contributed by atoms with van der Waals surface area (Å²) in [5, 5.41) is 7.18. The van der Waals surface area contributed by atoms with Crippen LogP contribution in [0.1, 0.15) is 5.69 Å². The maximum Gasteiger partial charge on any atom is 0.149 e. The van der Waals surface area contributed by atoms with Gasteiger partial charge >= 0.3 is 0 Å². The van der Waals surface area contributed by atoms with E-state index in [1.54, 1.807) is 14.0 Å². The molecule has 0 unspecified atom stereocenters. The van der Waals surface area contributed by atoms with Crippen LogP contribution < -0.4 is 5.32 Å². The summed E-state index contributed by atoms with van der Waals surface area (Å²) >= 11 is 6.13. The summed E-state index contributed by atoms with van der Waals surface area (Å²) in [6.07, 6.45) is 0. The van der Waals surface area contributed by atoms with Gasteiger partial charge < -0.3 is 5.32 Å². The fourth-order valence-corrected chi connectivity index (χ4v) is 2.81. The van der Waals surface area contributed by atoms with Crippen molar-refractivity contribution in [3.05, 3.63) is 64.6 Å². The highest BCUT2D eigenvalue weighted by atomic mass is 35.5. The lowest BCUT2D eigenvalue weighted by atomic mass is 10.1. The van der Waals surface area contributed by atoms with Gasteiger partial charge in [-0.2, -0.15) is 5.10 Å². The lowest BCUT2D eigenvalue weighted by Crippen LogP contribution is -2.04. The minimum absolute atomic E-state index is 0.183. The molecule has 3 nitrogen and oxygen atoms in total. The molecule has 2 aromatic carbocycles. The SMILES string of the molecule is Cc1nn(C)c(Nc2c(F)cccc2F)c1-c1ccc(F)cc1Cl. The second-order valence-electron chi connectivity index (χ2n) is 5.28. The van der Waals surface area contributed by atoms with Gasteiger partial charge in [-0.3, -0.25) is 4.68 Å². The molecule has 0 fully saturated rings. The van der Waals surface area contributed by atoms with Crippen LogP contribution in [0.15, 0.2) is 36.4 Å². The van der Waals surface area contributed by atoms with E-state index in [1.165, 1.54) is 28.9 Å². The Morgan fingerprint density at radius 2 is 1.75 bits per heavy atom. The van der Waals surface area contributed by atoms with Crippen molar-refractivity contribution in [3.8, 4) is 11.1 Å². The number of benzene rings is 2. The molecule has 0 aliphatic carbocycles. The third-order valence-electron chi connectivity index (χ3n) is 3.63. The Hall–Kier alpha value is -2.47. The number of para-hydroxylation sites is 1. The van der Waals surface area contributed by atoms with Gasteiger partial charge in [-0.15, -0.1) is 0 Å². The third kappa shape index (κ3) is 2.85. The summed E-state index contributed by atoms with van der Waals surface area (Å²) in [7, 11) is 1.63. The second kappa shape index (κ2) is 6.20. The van der Waals surface area contributed by atoms with Gasteiger partial charge in [0, 0.05) is 18.2 Å². The summed E-state index contributed by atoms with van der Waals surface area (Å²) in [4.78, 5) is 0. The first-order valence-corrected chi connectivity index (χ1v) is 7.46. The van der Waals surface area contributed by atoms with Crippen molar-refractivity contribution in [1.82, 2.24) is 9.78 Å². The molecule has 3 rings (SSSR count). The highest BCUT2D eigenvalue weighted by Gasteiger charge is 2.20. The summed E-state index contributed by atoms with van der Waals surface area (Å²) < 4.78 is 42.6. The van der Waals surface area contributed by atoms with Crippen molar-refractivity contribution in [1.29, 1.82) is 0 Å². The Kier molecular flexibility index (Phi) is 4.24. The van der Waals surface area contributed by atoms with E-state index in [0.717, 1.165) is 12.1 Å². The van der Waals surface area contributed by atoms with Gasteiger partial charge in [0.15, 0.2) is 0 Å². The number of hydrogen-bond donors (Lipinski definition) is 1. The molecule has 24 heavy (non-hydrogen) atoms. The lowest BCUT2D eigenvalue weighted by Gasteiger charge is -2.12. The predicted molar refractivity (Wildman–Crippen MR) is 88.0 cm³/mol. The van der Waals surface area contributed by atoms with Crippen LogP contribution in [0.2, 0.25) is 5.02 Å². The molecule has 0 atom stereocenters. The number of aromatic nitrogens is 2. The Morgan fingerprint density at radius 1 is 1.08 bits per heavy atom. The second-order valence-corrected chi connectivity index (χ2v) is 5.69. The van der Waals surface area contributed by atoms with Crippen molar-refractivity contribution in [2.75, 3.05) is 5.32 Å². The van der Waals surface area contributed by atoms with Crippen molar-refractivity contribution < 1.29 is 13.2 Å². The zero-order valence-corrected chi connectivity index (χ0v) is 13.6. The first-order valence-electron chi connectivity index (χ1n) is 7.08. The molecule has 0 radical (unpaired) electrons. The molecule has 0 saturated heterocycles. The zero-order valence-electron chi connectivity index (χ0n) is 12.9. The largest absolute Gasteiger partial charge is 0.335 e. The molecule has 1 heterocycles. The number of aryl methyl sites for hydroxylation is 2. The molecule has 3 aromatic rings. The van der Waals surface area contributed by atoms with Crippen LogP contribution in [0.25, 0.3) is 11.1 Å². The predicted octanol–water partition coefficient (Wildman–Crippen LogP) is 5.21. The number of anilines is 2. The number of hydrogen-bond acceptors (Lipinski definition) is 2. The Labute approximate surface area is 141 Å². The van der Waals surface area contributed by atoms with Gasteiger partial charge in [0.2, 0.25) is 0 Å². The van der Waals surface area contributed by atoms with Gasteiger partial charge in [0.25, 0.3) is 0 Å². The molecule has 0 aliphatic rings. The molecule has 0 spiro atoms. The van der Waals surface area contributed by atoms with Gasteiger partial charge in [-0.25, -0.2) is 13.2 Å². The molecule has 1 aromatic heterocycles. The van der Waals surface area contributed by atoms with Gasteiger partial charge in [0.05, 0.1) is 10.7 Å². The van der Waals surface area contributed by atoms with Crippen LogP contribution >= 0.6 is 11.6 Å².